The summed E-state index contributed by atoms with van der Waals surface area (Å²) in [6, 6.07) is 2.45. The molecule has 2 aromatic heterocycles. The van der Waals surface area contributed by atoms with E-state index < -0.39 is 12.0 Å². The Morgan fingerprint density at radius 2 is 1.48 bits per heavy atom. The van der Waals surface area contributed by atoms with Crippen LogP contribution in [0, 0.1) is 0 Å². The zero-order chi connectivity index (χ0) is 15.1. The third kappa shape index (κ3) is 4.86. The molecule has 8 nitrogen and oxygen atoms in total. The third-order valence-corrected chi connectivity index (χ3v) is 2.74. The number of aromatic nitrogens is 4. The van der Waals surface area contributed by atoms with Gasteiger partial charge in [-0.3, -0.25) is 9.69 Å². The SMILES string of the molecule is N[C@@H](CN(Cc1ncccn1)Cc1ncccn1)C(=O)O. The van der Waals surface area contributed by atoms with Crippen molar-refractivity contribution in [1.29, 1.82) is 0 Å². The largest absolute Gasteiger partial charge is 0.480 e. The fourth-order valence-corrected chi connectivity index (χ4v) is 1.76. The zero-order valence-electron chi connectivity index (χ0n) is 11.3. The number of aliphatic carboxylic acids is 1. The summed E-state index contributed by atoms with van der Waals surface area (Å²) < 4.78 is 0. The van der Waals surface area contributed by atoms with Crippen LogP contribution in [0.3, 0.4) is 0 Å². The van der Waals surface area contributed by atoms with Gasteiger partial charge in [0.2, 0.25) is 0 Å². The number of carbonyl (C=O) groups is 1. The molecule has 2 rings (SSSR count). The van der Waals surface area contributed by atoms with Gasteiger partial charge in [0.25, 0.3) is 0 Å². The number of carboxylic acids is 1. The first kappa shape index (κ1) is 14.9. The monoisotopic (exact) mass is 288 g/mol. The van der Waals surface area contributed by atoms with E-state index in [0.29, 0.717) is 24.7 Å². The van der Waals surface area contributed by atoms with Crippen LogP contribution in [0.2, 0.25) is 0 Å². The lowest BCUT2D eigenvalue weighted by atomic mass is 10.2. The van der Waals surface area contributed by atoms with Gasteiger partial charge in [-0.25, -0.2) is 19.9 Å². The molecule has 1 atom stereocenters. The van der Waals surface area contributed by atoms with E-state index in [9.17, 15) is 4.79 Å². The summed E-state index contributed by atoms with van der Waals surface area (Å²) in [5.41, 5.74) is 5.60. The topological polar surface area (TPSA) is 118 Å². The summed E-state index contributed by atoms with van der Waals surface area (Å²) in [7, 11) is 0. The molecule has 0 aliphatic heterocycles. The van der Waals surface area contributed by atoms with E-state index in [1.54, 1.807) is 36.9 Å². The van der Waals surface area contributed by atoms with E-state index in [-0.39, 0.29) is 6.54 Å². The van der Waals surface area contributed by atoms with Crippen molar-refractivity contribution >= 4 is 5.97 Å². The van der Waals surface area contributed by atoms with Crippen LogP contribution < -0.4 is 5.73 Å². The highest BCUT2D eigenvalue weighted by molar-refractivity contribution is 5.73. The van der Waals surface area contributed by atoms with Gasteiger partial charge < -0.3 is 10.8 Å². The van der Waals surface area contributed by atoms with Crippen molar-refractivity contribution < 1.29 is 9.90 Å². The third-order valence-electron chi connectivity index (χ3n) is 2.74. The first-order valence-corrected chi connectivity index (χ1v) is 6.37. The molecule has 0 aliphatic rings. The molecule has 2 aromatic rings. The minimum absolute atomic E-state index is 0.159. The summed E-state index contributed by atoms with van der Waals surface area (Å²) in [5.74, 6) is 0.125. The van der Waals surface area contributed by atoms with Gasteiger partial charge in [0.15, 0.2) is 0 Å². The van der Waals surface area contributed by atoms with Crippen LogP contribution in [0.5, 0.6) is 0 Å². The van der Waals surface area contributed by atoms with E-state index >= 15 is 0 Å². The standard InChI is InChI=1S/C13H16N6O2/c14-10(13(20)21)7-19(8-11-15-3-1-4-16-11)9-12-17-5-2-6-18-12/h1-6,10H,7-9,14H2,(H,20,21)/t10-/m0/s1. The van der Waals surface area contributed by atoms with Gasteiger partial charge in [0.1, 0.15) is 17.7 Å². The van der Waals surface area contributed by atoms with E-state index in [1.165, 1.54) is 0 Å². The van der Waals surface area contributed by atoms with Crippen LogP contribution in [-0.2, 0) is 17.9 Å². The molecule has 0 aromatic carbocycles. The molecule has 0 unspecified atom stereocenters. The quantitative estimate of drug-likeness (QED) is 0.711. The van der Waals surface area contributed by atoms with Gasteiger partial charge in [-0.15, -0.1) is 0 Å². The molecule has 0 saturated heterocycles. The summed E-state index contributed by atoms with van der Waals surface area (Å²) >= 11 is 0. The predicted molar refractivity (Wildman–Crippen MR) is 73.8 cm³/mol. The van der Waals surface area contributed by atoms with Crippen LogP contribution in [0.25, 0.3) is 0 Å². The number of nitrogens with zero attached hydrogens (tertiary/aromatic N) is 5. The summed E-state index contributed by atoms with van der Waals surface area (Å²) in [6.45, 7) is 0.909. The van der Waals surface area contributed by atoms with Gasteiger partial charge in [0.05, 0.1) is 13.1 Å². The van der Waals surface area contributed by atoms with E-state index in [0.717, 1.165) is 0 Å². The van der Waals surface area contributed by atoms with Crippen molar-refractivity contribution in [3.8, 4) is 0 Å². The fraction of sp³-hybridized carbons (Fsp3) is 0.308. The Bertz CT molecular complexity index is 524. The highest BCUT2D eigenvalue weighted by Gasteiger charge is 2.18. The van der Waals surface area contributed by atoms with E-state index in [2.05, 4.69) is 19.9 Å². The molecule has 8 heteroatoms. The van der Waals surface area contributed by atoms with Gasteiger partial charge in [-0.1, -0.05) is 0 Å². The molecule has 0 radical (unpaired) electrons. The number of carboxylic acid groups (broad SMARTS) is 1. The van der Waals surface area contributed by atoms with Crippen molar-refractivity contribution in [1.82, 2.24) is 24.8 Å². The van der Waals surface area contributed by atoms with Crippen molar-refractivity contribution in [2.24, 2.45) is 5.73 Å². The van der Waals surface area contributed by atoms with Gasteiger partial charge >= 0.3 is 5.97 Å². The van der Waals surface area contributed by atoms with Crippen LogP contribution in [0.15, 0.2) is 36.9 Å². The average Bonchev–Trinajstić information content (AvgIpc) is 2.49. The molecule has 0 fully saturated rings. The molecule has 0 aliphatic carbocycles. The Morgan fingerprint density at radius 3 is 1.86 bits per heavy atom. The Morgan fingerprint density at radius 1 is 1.05 bits per heavy atom. The molecule has 0 spiro atoms. The van der Waals surface area contributed by atoms with E-state index in [4.69, 9.17) is 10.8 Å². The molecule has 0 amide bonds. The Hall–Kier alpha value is -2.45. The van der Waals surface area contributed by atoms with Crippen LogP contribution in [0.4, 0.5) is 0 Å². The minimum Gasteiger partial charge on any atom is -0.480 e. The molecular formula is C13H16N6O2. The molecule has 21 heavy (non-hydrogen) atoms. The van der Waals surface area contributed by atoms with Crippen LogP contribution in [-0.4, -0.2) is 48.5 Å². The van der Waals surface area contributed by atoms with Gasteiger partial charge in [-0.05, 0) is 12.1 Å². The Balaban J connectivity index is 2.08. The maximum atomic E-state index is 10.9. The van der Waals surface area contributed by atoms with E-state index in [1.807, 2.05) is 4.90 Å². The normalized spacial score (nSPS) is 12.3. The summed E-state index contributed by atoms with van der Waals surface area (Å²) in [6.07, 6.45) is 6.54. The first-order chi connectivity index (χ1) is 10.1. The summed E-state index contributed by atoms with van der Waals surface area (Å²) in [4.78, 5) is 29.3. The van der Waals surface area contributed by atoms with Gasteiger partial charge in [0, 0.05) is 31.3 Å². The lowest BCUT2D eigenvalue weighted by Gasteiger charge is -2.22. The van der Waals surface area contributed by atoms with Crippen LogP contribution >= 0.6 is 0 Å². The van der Waals surface area contributed by atoms with Crippen molar-refractivity contribution in [2.75, 3.05) is 6.54 Å². The highest BCUT2D eigenvalue weighted by atomic mass is 16.4. The second kappa shape index (κ2) is 7.36. The average molecular weight is 288 g/mol. The molecule has 2 heterocycles. The second-order valence-corrected chi connectivity index (χ2v) is 4.44. The minimum atomic E-state index is -1.05. The molecule has 0 bridgehead atoms. The first-order valence-electron chi connectivity index (χ1n) is 6.37. The smallest absolute Gasteiger partial charge is 0.321 e. The van der Waals surface area contributed by atoms with Gasteiger partial charge in [-0.2, -0.15) is 0 Å². The summed E-state index contributed by atoms with van der Waals surface area (Å²) in [5, 5.41) is 8.95. The molecule has 0 saturated carbocycles. The van der Waals surface area contributed by atoms with Crippen molar-refractivity contribution in [3.63, 3.8) is 0 Å². The maximum Gasteiger partial charge on any atom is 0.321 e. The molecule has 3 N–H and O–H groups in total. The van der Waals surface area contributed by atoms with Crippen molar-refractivity contribution in [3.05, 3.63) is 48.6 Å². The highest BCUT2D eigenvalue weighted by Crippen LogP contribution is 2.04. The number of rotatable bonds is 7. The fourth-order valence-electron chi connectivity index (χ4n) is 1.76. The second-order valence-electron chi connectivity index (χ2n) is 4.44. The lowest BCUT2D eigenvalue weighted by molar-refractivity contribution is -0.139. The lowest BCUT2D eigenvalue weighted by Crippen LogP contribution is -2.42. The number of nitrogens with two attached hydrogens (primary N) is 1. The molecular weight excluding hydrogens is 272 g/mol. The predicted octanol–water partition coefficient (Wildman–Crippen LogP) is -0.319. The Kier molecular flexibility index (Phi) is 5.24. The maximum absolute atomic E-state index is 10.9. The molecule has 110 valence electrons. The van der Waals surface area contributed by atoms with Crippen LogP contribution in [0.1, 0.15) is 11.6 Å². The number of hydrogen-bond donors (Lipinski definition) is 2. The Labute approximate surface area is 121 Å². The number of hydrogen-bond acceptors (Lipinski definition) is 7. The zero-order valence-corrected chi connectivity index (χ0v) is 11.3. The van der Waals surface area contributed by atoms with Crippen molar-refractivity contribution in [2.45, 2.75) is 19.1 Å².